The van der Waals surface area contributed by atoms with Crippen LogP contribution in [0.25, 0.3) is 0 Å². The lowest BCUT2D eigenvalue weighted by atomic mass is 9.96. The molecule has 0 radical (unpaired) electrons. The Morgan fingerprint density at radius 3 is 2.50 bits per heavy atom. The minimum Gasteiger partial charge on any atom is -0.391 e. The summed E-state index contributed by atoms with van der Waals surface area (Å²) < 4.78 is 23.1. The zero-order chi connectivity index (χ0) is 13.5. The van der Waals surface area contributed by atoms with Gasteiger partial charge in [0.15, 0.2) is 0 Å². The number of hydrogen-bond acceptors (Lipinski definition) is 3. The summed E-state index contributed by atoms with van der Waals surface area (Å²) in [7, 11) is -3.80. The Kier molecular flexibility index (Phi) is 4.04. The third-order valence-electron chi connectivity index (χ3n) is 3.19. The van der Waals surface area contributed by atoms with Crippen molar-refractivity contribution < 1.29 is 13.5 Å². The largest absolute Gasteiger partial charge is 0.391 e. The molecular formula is C11H13BrClNO3S. The molecule has 4 nitrogen and oxygen atoms in total. The highest BCUT2D eigenvalue weighted by atomic mass is 79.9. The summed E-state index contributed by atoms with van der Waals surface area (Å²) in [5, 5.41) is 14.8. The number of halogens is 2. The Bertz CT molecular complexity index is 551. The van der Waals surface area contributed by atoms with E-state index in [0.29, 0.717) is 12.0 Å². The fourth-order valence-corrected chi connectivity index (χ4v) is 4.11. The Morgan fingerprint density at radius 1 is 1.39 bits per heavy atom. The standard InChI is InChI=1S/C11H13BrClNO3S/c12-8-5-7(11(15)10(8)13)6-3-1-2-4-9(6)18(14,16)17/h1-4,7-8,10-11,15H,5H2,(H2,14,16,17)/t7-,8?,10?,11+/m1/s1. The number of primary sulfonamides is 1. The molecule has 1 fully saturated rings. The van der Waals surface area contributed by atoms with Gasteiger partial charge in [0, 0.05) is 10.7 Å². The Hall–Kier alpha value is -0.140. The van der Waals surface area contributed by atoms with E-state index in [-0.39, 0.29) is 15.6 Å². The van der Waals surface area contributed by atoms with E-state index < -0.39 is 21.5 Å². The zero-order valence-electron chi connectivity index (χ0n) is 9.33. The van der Waals surface area contributed by atoms with Gasteiger partial charge >= 0.3 is 0 Å². The summed E-state index contributed by atoms with van der Waals surface area (Å²) in [6, 6.07) is 6.44. The fraction of sp³-hybridized carbons (Fsp3) is 0.455. The summed E-state index contributed by atoms with van der Waals surface area (Å²) >= 11 is 9.43. The molecule has 1 saturated carbocycles. The number of benzene rings is 1. The van der Waals surface area contributed by atoms with Crippen molar-refractivity contribution in [2.45, 2.75) is 33.5 Å². The molecular weight excluding hydrogens is 342 g/mol. The van der Waals surface area contributed by atoms with E-state index in [9.17, 15) is 13.5 Å². The van der Waals surface area contributed by atoms with Crippen LogP contribution in [-0.4, -0.2) is 29.8 Å². The highest BCUT2D eigenvalue weighted by molar-refractivity contribution is 9.09. The van der Waals surface area contributed by atoms with Crippen molar-refractivity contribution in [1.82, 2.24) is 0 Å². The topological polar surface area (TPSA) is 80.4 Å². The number of aliphatic hydroxyl groups is 1. The number of sulfonamides is 1. The maximum Gasteiger partial charge on any atom is 0.238 e. The molecule has 1 aromatic rings. The van der Waals surface area contributed by atoms with Crippen LogP contribution in [0.4, 0.5) is 0 Å². The van der Waals surface area contributed by atoms with Crippen molar-refractivity contribution in [3.63, 3.8) is 0 Å². The third kappa shape index (κ3) is 2.58. The van der Waals surface area contributed by atoms with Gasteiger partial charge in [0.2, 0.25) is 10.0 Å². The number of nitrogens with two attached hydrogens (primary N) is 1. The molecule has 0 saturated heterocycles. The lowest BCUT2D eigenvalue weighted by Crippen LogP contribution is -2.24. The SMILES string of the molecule is NS(=O)(=O)c1ccccc1[C@H]1CC(Br)C(Cl)[C@H]1O. The number of rotatable bonds is 2. The highest BCUT2D eigenvalue weighted by Crippen LogP contribution is 2.42. The van der Waals surface area contributed by atoms with Crippen molar-refractivity contribution in [3.05, 3.63) is 29.8 Å². The number of aliphatic hydroxyl groups excluding tert-OH is 1. The fourth-order valence-electron chi connectivity index (χ4n) is 2.30. The molecule has 18 heavy (non-hydrogen) atoms. The zero-order valence-corrected chi connectivity index (χ0v) is 12.5. The van der Waals surface area contributed by atoms with Crippen LogP contribution in [0.3, 0.4) is 0 Å². The maximum absolute atomic E-state index is 11.5. The van der Waals surface area contributed by atoms with Gasteiger partial charge in [0.25, 0.3) is 0 Å². The predicted octanol–water partition coefficient (Wildman–Crippen LogP) is 1.55. The van der Waals surface area contributed by atoms with Gasteiger partial charge in [-0.2, -0.15) is 0 Å². The smallest absolute Gasteiger partial charge is 0.238 e. The summed E-state index contributed by atoms with van der Waals surface area (Å²) in [6.45, 7) is 0. The van der Waals surface area contributed by atoms with Crippen LogP contribution in [0.2, 0.25) is 0 Å². The molecule has 4 atom stereocenters. The van der Waals surface area contributed by atoms with Crippen LogP contribution in [0.1, 0.15) is 17.9 Å². The summed E-state index contributed by atoms with van der Waals surface area (Å²) in [5.74, 6) is -0.327. The average Bonchev–Trinajstić information content (AvgIpc) is 2.56. The monoisotopic (exact) mass is 353 g/mol. The quantitative estimate of drug-likeness (QED) is 0.791. The Morgan fingerprint density at radius 2 is 2.00 bits per heavy atom. The van der Waals surface area contributed by atoms with Crippen LogP contribution in [0, 0.1) is 0 Å². The number of hydrogen-bond donors (Lipinski definition) is 2. The normalized spacial score (nSPS) is 32.7. The molecule has 7 heteroatoms. The number of alkyl halides is 2. The first-order valence-electron chi connectivity index (χ1n) is 5.40. The van der Waals surface area contributed by atoms with Crippen LogP contribution < -0.4 is 5.14 Å². The second kappa shape index (κ2) is 5.09. The molecule has 1 aromatic carbocycles. The Balaban J connectivity index is 2.47. The molecule has 0 amide bonds. The molecule has 2 rings (SSSR count). The lowest BCUT2D eigenvalue weighted by molar-refractivity contribution is 0.166. The summed E-state index contributed by atoms with van der Waals surface area (Å²) in [4.78, 5) is 0.00668. The van der Waals surface area contributed by atoms with Crippen molar-refractivity contribution in [2.75, 3.05) is 0 Å². The summed E-state index contributed by atoms with van der Waals surface area (Å²) in [6.07, 6.45) is -0.221. The molecule has 0 bridgehead atoms. The molecule has 0 aromatic heterocycles. The van der Waals surface area contributed by atoms with Gasteiger partial charge < -0.3 is 5.11 Å². The molecule has 100 valence electrons. The molecule has 0 heterocycles. The van der Waals surface area contributed by atoms with E-state index in [1.165, 1.54) is 6.07 Å². The third-order valence-corrected chi connectivity index (χ3v) is 5.98. The summed E-state index contributed by atoms with van der Waals surface area (Å²) in [5.41, 5.74) is 0.528. The van der Waals surface area contributed by atoms with Crippen molar-refractivity contribution >= 4 is 37.6 Å². The highest BCUT2D eigenvalue weighted by Gasteiger charge is 2.42. The van der Waals surface area contributed by atoms with E-state index in [2.05, 4.69) is 15.9 Å². The average molecular weight is 355 g/mol. The van der Waals surface area contributed by atoms with E-state index in [0.717, 1.165) is 0 Å². The molecule has 0 aliphatic heterocycles. The van der Waals surface area contributed by atoms with E-state index >= 15 is 0 Å². The van der Waals surface area contributed by atoms with Crippen molar-refractivity contribution in [3.8, 4) is 0 Å². The van der Waals surface area contributed by atoms with Gasteiger partial charge in [-0.15, -0.1) is 11.6 Å². The van der Waals surface area contributed by atoms with Gasteiger partial charge in [-0.25, -0.2) is 13.6 Å². The second-order valence-electron chi connectivity index (χ2n) is 4.38. The minimum atomic E-state index is -3.80. The predicted molar refractivity (Wildman–Crippen MR) is 73.5 cm³/mol. The van der Waals surface area contributed by atoms with Crippen LogP contribution in [-0.2, 0) is 10.0 Å². The molecule has 0 spiro atoms. The van der Waals surface area contributed by atoms with E-state index in [1.54, 1.807) is 18.2 Å². The first kappa shape index (κ1) is 14.3. The van der Waals surface area contributed by atoms with Gasteiger partial charge in [0.05, 0.1) is 16.4 Å². The molecule has 3 N–H and O–H groups in total. The van der Waals surface area contributed by atoms with Gasteiger partial charge in [-0.05, 0) is 18.1 Å². The van der Waals surface area contributed by atoms with E-state index in [1.807, 2.05) is 0 Å². The maximum atomic E-state index is 11.5. The van der Waals surface area contributed by atoms with Crippen molar-refractivity contribution in [1.29, 1.82) is 0 Å². The Labute approximate surface area is 119 Å². The molecule has 1 aliphatic carbocycles. The van der Waals surface area contributed by atoms with Gasteiger partial charge in [0.1, 0.15) is 0 Å². The van der Waals surface area contributed by atoms with Gasteiger partial charge in [-0.3, -0.25) is 0 Å². The second-order valence-corrected chi connectivity index (χ2v) is 7.59. The first-order valence-corrected chi connectivity index (χ1v) is 8.30. The van der Waals surface area contributed by atoms with Crippen LogP contribution in [0.15, 0.2) is 29.2 Å². The lowest BCUT2D eigenvalue weighted by Gasteiger charge is -2.18. The van der Waals surface area contributed by atoms with Gasteiger partial charge in [-0.1, -0.05) is 34.1 Å². The van der Waals surface area contributed by atoms with Crippen molar-refractivity contribution in [2.24, 2.45) is 5.14 Å². The van der Waals surface area contributed by atoms with Crippen LogP contribution in [0.5, 0.6) is 0 Å². The van der Waals surface area contributed by atoms with Crippen LogP contribution >= 0.6 is 27.5 Å². The minimum absolute atomic E-state index is 0.0484. The molecule has 2 unspecified atom stereocenters. The molecule has 1 aliphatic rings. The van der Waals surface area contributed by atoms with E-state index in [4.69, 9.17) is 16.7 Å². The first-order chi connectivity index (χ1) is 8.32.